The van der Waals surface area contributed by atoms with Gasteiger partial charge in [0.15, 0.2) is 5.82 Å². The second-order valence-corrected chi connectivity index (χ2v) is 4.36. The molecule has 0 radical (unpaired) electrons. The molecule has 4 nitrogen and oxygen atoms in total. The number of hydrogen-bond donors (Lipinski definition) is 1. The summed E-state index contributed by atoms with van der Waals surface area (Å²) in [5, 5.41) is 8.62. The van der Waals surface area contributed by atoms with Gasteiger partial charge in [-0.15, -0.1) is 0 Å². The lowest BCUT2D eigenvalue weighted by atomic mass is 10.2. The summed E-state index contributed by atoms with van der Waals surface area (Å²) in [4.78, 5) is 14.6. The maximum atomic E-state index is 13.8. The highest BCUT2D eigenvalue weighted by Crippen LogP contribution is 2.25. The number of carbonyl (C=O) groups is 1. The van der Waals surface area contributed by atoms with Crippen molar-refractivity contribution in [2.24, 2.45) is 0 Å². The summed E-state index contributed by atoms with van der Waals surface area (Å²) < 4.78 is 28.5. The monoisotopic (exact) mass is 266 g/mol. The zero-order chi connectivity index (χ0) is 14.2. The molecule has 0 saturated heterocycles. The lowest BCUT2D eigenvalue weighted by molar-refractivity contribution is -0.131. The first-order valence-corrected chi connectivity index (χ1v) is 5.68. The van der Waals surface area contributed by atoms with Crippen molar-refractivity contribution in [2.75, 3.05) is 0 Å². The highest BCUT2D eigenvalue weighted by Gasteiger charge is 2.16. The lowest BCUT2D eigenvalue weighted by Crippen LogP contribution is -2.04. The van der Waals surface area contributed by atoms with Crippen LogP contribution in [0.4, 0.5) is 8.78 Å². The van der Waals surface area contributed by atoms with E-state index in [1.54, 1.807) is 0 Å². The SMILES string of the molecule is CC(C)n1c(/C=C/C(=O)O)nc2cc(F)cc(F)c21. The zero-order valence-electron chi connectivity index (χ0n) is 10.4. The van der Waals surface area contributed by atoms with Crippen LogP contribution >= 0.6 is 0 Å². The molecule has 1 N–H and O–H groups in total. The molecule has 6 heteroatoms. The van der Waals surface area contributed by atoms with Crippen LogP contribution in [0.2, 0.25) is 0 Å². The van der Waals surface area contributed by atoms with Gasteiger partial charge in [-0.2, -0.15) is 0 Å². The summed E-state index contributed by atoms with van der Waals surface area (Å²) in [7, 11) is 0. The topological polar surface area (TPSA) is 55.1 Å². The fraction of sp³-hybridized carbons (Fsp3) is 0.231. The molecule has 100 valence electrons. The number of carboxylic acid groups (broad SMARTS) is 1. The van der Waals surface area contributed by atoms with Crippen molar-refractivity contribution in [3.8, 4) is 0 Å². The Labute approximate surface area is 108 Å². The second-order valence-electron chi connectivity index (χ2n) is 4.36. The van der Waals surface area contributed by atoms with Crippen LogP contribution in [0.15, 0.2) is 18.2 Å². The van der Waals surface area contributed by atoms with Crippen molar-refractivity contribution in [1.29, 1.82) is 0 Å². The molecule has 0 aliphatic carbocycles. The number of halogens is 2. The van der Waals surface area contributed by atoms with E-state index in [0.717, 1.165) is 18.2 Å². The largest absolute Gasteiger partial charge is 0.478 e. The van der Waals surface area contributed by atoms with Gasteiger partial charge in [-0.3, -0.25) is 0 Å². The van der Waals surface area contributed by atoms with Crippen LogP contribution in [0, 0.1) is 11.6 Å². The van der Waals surface area contributed by atoms with Crippen molar-refractivity contribution in [3.05, 3.63) is 35.7 Å². The quantitative estimate of drug-likeness (QED) is 0.869. The first-order valence-electron chi connectivity index (χ1n) is 5.68. The predicted molar refractivity (Wildman–Crippen MR) is 66.7 cm³/mol. The van der Waals surface area contributed by atoms with Gasteiger partial charge in [0.25, 0.3) is 0 Å². The fourth-order valence-electron chi connectivity index (χ4n) is 1.95. The summed E-state index contributed by atoms with van der Waals surface area (Å²) in [5.41, 5.74) is 0.331. The van der Waals surface area contributed by atoms with Crippen molar-refractivity contribution in [1.82, 2.24) is 9.55 Å². The number of nitrogens with zero attached hydrogens (tertiary/aromatic N) is 2. The number of fused-ring (bicyclic) bond motifs is 1. The molecular weight excluding hydrogens is 254 g/mol. The Bertz CT molecular complexity index is 675. The van der Waals surface area contributed by atoms with E-state index in [1.807, 2.05) is 13.8 Å². The number of hydrogen-bond acceptors (Lipinski definition) is 2. The zero-order valence-corrected chi connectivity index (χ0v) is 10.4. The summed E-state index contributed by atoms with van der Waals surface area (Å²) in [5.74, 6) is -2.29. The molecule has 0 spiro atoms. The van der Waals surface area contributed by atoms with Crippen LogP contribution in [-0.2, 0) is 4.79 Å². The van der Waals surface area contributed by atoms with E-state index in [4.69, 9.17) is 5.11 Å². The lowest BCUT2D eigenvalue weighted by Gasteiger charge is -2.11. The van der Waals surface area contributed by atoms with Crippen molar-refractivity contribution < 1.29 is 18.7 Å². The third kappa shape index (κ3) is 2.47. The molecule has 1 aromatic carbocycles. The molecule has 0 aliphatic heterocycles. The number of aromatic nitrogens is 2. The summed E-state index contributed by atoms with van der Waals surface area (Å²) >= 11 is 0. The van der Waals surface area contributed by atoms with Crippen molar-refractivity contribution in [2.45, 2.75) is 19.9 Å². The first kappa shape index (κ1) is 13.2. The third-order valence-electron chi connectivity index (χ3n) is 2.62. The fourth-order valence-corrected chi connectivity index (χ4v) is 1.95. The van der Waals surface area contributed by atoms with Crippen molar-refractivity contribution in [3.63, 3.8) is 0 Å². The standard InChI is InChI=1S/C13H12F2N2O2/c1-7(2)17-11(3-4-12(18)19)16-10-6-8(14)5-9(15)13(10)17/h3-7H,1-2H3,(H,18,19)/b4-3+. The highest BCUT2D eigenvalue weighted by atomic mass is 19.1. The third-order valence-corrected chi connectivity index (χ3v) is 2.62. The molecule has 0 amide bonds. The Hall–Kier alpha value is -2.24. The van der Waals surface area contributed by atoms with Crippen LogP contribution in [-0.4, -0.2) is 20.6 Å². The van der Waals surface area contributed by atoms with Gasteiger partial charge in [0, 0.05) is 24.3 Å². The molecular formula is C13H12F2N2O2. The Morgan fingerprint density at radius 2 is 2.11 bits per heavy atom. The Kier molecular flexibility index (Phi) is 3.33. The molecule has 2 rings (SSSR count). The molecule has 0 bridgehead atoms. The minimum atomic E-state index is -1.13. The highest BCUT2D eigenvalue weighted by molar-refractivity contribution is 5.86. The summed E-state index contributed by atoms with van der Waals surface area (Å²) in [6.07, 6.45) is 2.17. The van der Waals surface area contributed by atoms with E-state index in [0.29, 0.717) is 0 Å². The van der Waals surface area contributed by atoms with Crippen LogP contribution in [0.3, 0.4) is 0 Å². The van der Waals surface area contributed by atoms with Gasteiger partial charge in [0.1, 0.15) is 17.2 Å². The summed E-state index contributed by atoms with van der Waals surface area (Å²) in [6, 6.07) is 1.77. The van der Waals surface area contributed by atoms with Crippen LogP contribution < -0.4 is 0 Å². The van der Waals surface area contributed by atoms with Gasteiger partial charge in [0.2, 0.25) is 0 Å². The molecule has 2 aromatic rings. The van der Waals surface area contributed by atoms with E-state index in [-0.39, 0.29) is 22.9 Å². The van der Waals surface area contributed by atoms with Crippen LogP contribution in [0.25, 0.3) is 17.1 Å². The molecule has 19 heavy (non-hydrogen) atoms. The Morgan fingerprint density at radius 1 is 1.42 bits per heavy atom. The minimum Gasteiger partial charge on any atom is -0.478 e. The first-order chi connectivity index (χ1) is 8.90. The minimum absolute atomic E-state index is 0.140. The molecule has 1 aromatic heterocycles. The molecule has 0 saturated carbocycles. The van der Waals surface area contributed by atoms with E-state index >= 15 is 0 Å². The number of aliphatic carboxylic acids is 1. The maximum absolute atomic E-state index is 13.8. The molecule has 1 heterocycles. The second kappa shape index (κ2) is 4.79. The molecule has 0 unspecified atom stereocenters. The van der Waals surface area contributed by atoms with Crippen molar-refractivity contribution >= 4 is 23.1 Å². The molecule has 0 atom stereocenters. The normalized spacial score (nSPS) is 11.8. The van der Waals surface area contributed by atoms with Gasteiger partial charge < -0.3 is 9.67 Å². The Morgan fingerprint density at radius 3 is 2.68 bits per heavy atom. The van der Waals surface area contributed by atoms with Crippen LogP contribution in [0.5, 0.6) is 0 Å². The van der Waals surface area contributed by atoms with Gasteiger partial charge >= 0.3 is 5.97 Å². The molecule has 0 fully saturated rings. The van der Waals surface area contributed by atoms with E-state index in [9.17, 15) is 13.6 Å². The average Bonchev–Trinajstić information content (AvgIpc) is 2.64. The predicted octanol–water partition coefficient (Wildman–Crippen LogP) is 2.99. The van der Waals surface area contributed by atoms with Gasteiger partial charge in [-0.25, -0.2) is 18.6 Å². The number of imidazole rings is 1. The van der Waals surface area contributed by atoms with E-state index in [1.165, 1.54) is 10.6 Å². The number of carboxylic acids is 1. The van der Waals surface area contributed by atoms with Crippen LogP contribution in [0.1, 0.15) is 25.7 Å². The average molecular weight is 266 g/mol. The van der Waals surface area contributed by atoms with E-state index in [2.05, 4.69) is 4.98 Å². The Balaban J connectivity index is 2.74. The van der Waals surface area contributed by atoms with E-state index < -0.39 is 17.6 Å². The molecule has 0 aliphatic rings. The van der Waals surface area contributed by atoms with Gasteiger partial charge in [-0.05, 0) is 19.9 Å². The number of benzene rings is 1. The van der Waals surface area contributed by atoms with Gasteiger partial charge in [0.05, 0.1) is 5.52 Å². The van der Waals surface area contributed by atoms with Gasteiger partial charge in [-0.1, -0.05) is 0 Å². The smallest absolute Gasteiger partial charge is 0.328 e. The number of rotatable bonds is 3. The maximum Gasteiger partial charge on any atom is 0.328 e. The summed E-state index contributed by atoms with van der Waals surface area (Å²) in [6.45, 7) is 3.62.